The van der Waals surface area contributed by atoms with Crippen molar-refractivity contribution in [2.75, 3.05) is 32.2 Å². The molecule has 1 saturated heterocycles. The van der Waals surface area contributed by atoms with Gasteiger partial charge in [-0.15, -0.1) is 0 Å². The number of benzene rings is 2. The second kappa shape index (κ2) is 9.66. The highest BCUT2D eigenvalue weighted by molar-refractivity contribution is 6.00. The molecule has 0 radical (unpaired) electrons. The summed E-state index contributed by atoms with van der Waals surface area (Å²) in [6.07, 6.45) is 2.90. The normalized spacial score (nSPS) is 19.6. The van der Waals surface area contributed by atoms with Crippen molar-refractivity contribution in [3.8, 4) is 11.5 Å². The van der Waals surface area contributed by atoms with E-state index in [1.807, 2.05) is 24.3 Å². The van der Waals surface area contributed by atoms with Crippen LogP contribution in [0.25, 0.3) is 10.9 Å². The Labute approximate surface area is 196 Å². The average molecular weight is 463 g/mol. The fourth-order valence-electron chi connectivity index (χ4n) is 4.09. The van der Waals surface area contributed by atoms with E-state index in [0.717, 1.165) is 28.6 Å². The van der Waals surface area contributed by atoms with E-state index in [-0.39, 0.29) is 30.8 Å². The summed E-state index contributed by atoms with van der Waals surface area (Å²) in [5, 5.41) is 6.68. The minimum Gasteiger partial charge on any atom is -0.497 e. The molecule has 2 aromatic carbocycles. The number of carbonyl (C=O) groups excluding carboxylic acids is 2. The molecule has 9 heteroatoms. The third-order valence-corrected chi connectivity index (χ3v) is 5.86. The van der Waals surface area contributed by atoms with Crippen LogP contribution in [0.4, 0.5) is 5.69 Å². The highest BCUT2D eigenvalue weighted by Gasteiger charge is 2.25. The Morgan fingerprint density at radius 2 is 2.03 bits per heavy atom. The van der Waals surface area contributed by atoms with Crippen LogP contribution >= 0.6 is 0 Å². The summed E-state index contributed by atoms with van der Waals surface area (Å²) < 4.78 is 22.4. The van der Waals surface area contributed by atoms with Gasteiger partial charge in [0.05, 0.1) is 37.6 Å². The second-order valence-electron chi connectivity index (χ2n) is 8.21. The SMILES string of the molecule is COc1ccc2nccc(CCC3OCC(NC(=O)c4ccc5c(c4)NC(=O)CO5)CO3)c2c1. The van der Waals surface area contributed by atoms with Gasteiger partial charge in [0, 0.05) is 23.6 Å². The van der Waals surface area contributed by atoms with Crippen molar-refractivity contribution in [3.63, 3.8) is 0 Å². The summed E-state index contributed by atoms with van der Waals surface area (Å²) in [7, 11) is 1.65. The Morgan fingerprint density at radius 3 is 2.85 bits per heavy atom. The number of aromatic nitrogens is 1. The van der Waals surface area contributed by atoms with E-state index in [9.17, 15) is 9.59 Å². The van der Waals surface area contributed by atoms with Crippen LogP contribution in [0.5, 0.6) is 11.5 Å². The van der Waals surface area contributed by atoms with Crippen LogP contribution in [-0.4, -0.2) is 56.1 Å². The van der Waals surface area contributed by atoms with E-state index < -0.39 is 0 Å². The van der Waals surface area contributed by atoms with Crippen LogP contribution in [0.3, 0.4) is 0 Å². The Kier molecular flexibility index (Phi) is 6.29. The van der Waals surface area contributed by atoms with Crippen LogP contribution in [0.15, 0.2) is 48.7 Å². The van der Waals surface area contributed by atoms with E-state index >= 15 is 0 Å². The Bertz CT molecular complexity index is 1220. The fraction of sp³-hybridized carbons (Fsp3) is 0.320. The third kappa shape index (κ3) is 4.80. The van der Waals surface area contributed by atoms with Gasteiger partial charge in [0.2, 0.25) is 0 Å². The van der Waals surface area contributed by atoms with Crippen molar-refractivity contribution in [1.82, 2.24) is 10.3 Å². The average Bonchev–Trinajstić information content (AvgIpc) is 2.87. The molecule has 2 amide bonds. The summed E-state index contributed by atoms with van der Waals surface area (Å²) in [5.41, 5.74) is 2.97. The number of carbonyl (C=O) groups is 2. The predicted molar refractivity (Wildman–Crippen MR) is 124 cm³/mol. The monoisotopic (exact) mass is 463 g/mol. The topological polar surface area (TPSA) is 108 Å². The zero-order chi connectivity index (χ0) is 23.5. The fourth-order valence-corrected chi connectivity index (χ4v) is 4.09. The number of rotatable bonds is 6. The largest absolute Gasteiger partial charge is 0.497 e. The molecule has 2 N–H and O–H groups in total. The molecule has 1 fully saturated rings. The zero-order valence-electron chi connectivity index (χ0n) is 18.7. The van der Waals surface area contributed by atoms with Gasteiger partial charge in [0.25, 0.3) is 11.8 Å². The number of fused-ring (bicyclic) bond motifs is 2. The molecule has 2 aliphatic rings. The summed E-state index contributed by atoms with van der Waals surface area (Å²) in [6, 6.07) is 12.5. The second-order valence-corrected chi connectivity index (χ2v) is 8.21. The molecule has 3 heterocycles. The van der Waals surface area contributed by atoms with Gasteiger partial charge in [0.15, 0.2) is 12.9 Å². The molecule has 0 unspecified atom stereocenters. The molecular formula is C25H25N3O6. The van der Waals surface area contributed by atoms with Crippen LogP contribution in [0.2, 0.25) is 0 Å². The maximum atomic E-state index is 12.7. The maximum absolute atomic E-state index is 12.7. The van der Waals surface area contributed by atoms with Crippen LogP contribution in [-0.2, 0) is 20.7 Å². The van der Waals surface area contributed by atoms with Gasteiger partial charge in [0.1, 0.15) is 11.5 Å². The maximum Gasteiger partial charge on any atom is 0.262 e. The van der Waals surface area contributed by atoms with E-state index in [4.69, 9.17) is 18.9 Å². The number of nitrogens with zero attached hydrogens (tertiary/aromatic N) is 1. The summed E-state index contributed by atoms with van der Waals surface area (Å²) >= 11 is 0. The number of hydrogen-bond acceptors (Lipinski definition) is 7. The molecule has 34 heavy (non-hydrogen) atoms. The molecule has 0 bridgehead atoms. The molecule has 0 atom stereocenters. The number of nitrogens with one attached hydrogen (secondary N) is 2. The van der Waals surface area contributed by atoms with Crippen molar-refractivity contribution in [1.29, 1.82) is 0 Å². The minimum atomic E-state index is -0.349. The number of aryl methyl sites for hydroxylation is 1. The molecule has 5 rings (SSSR count). The number of anilines is 1. The lowest BCUT2D eigenvalue weighted by Gasteiger charge is -2.30. The molecule has 3 aromatic rings. The lowest BCUT2D eigenvalue weighted by molar-refractivity contribution is -0.190. The third-order valence-electron chi connectivity index (χ3n) is 5.86. The Morgan fingerprint density at radius 1 is 1.18 bits per heavy atom. The highest BCUT2D eigenvalue weighted by Crippen LogP contribution is 2.28. The van der Waals surface area contributed by atoms with Crippen molar-refractivity contribution in [2.24, 2.45) is 0 Å². The molecule has 2 aliphatic heterocycles. The first-order valence-corrected chi connectivity index (χ1v) is 11.1. The molecule has 0 saturated carbocycles. The first-order valence-electron chi connectivity index (χ1n) is 11.1. The minimum absolute atomic E-state index is 0.0258. The molecule has 0 aliphatic carbocycles. The molecule has 9 nitrogen and oxygen atoms in total. The van der Waals surface area contributed by atoms with E-state index in [0.29, 0.717) is 36.6 Å². The Balaban J connectivity index is 1.14. The number of ether oxygens (including phenoxy) is 4. The standard InChI is InChI=1S/C25H25N3O6/c1-31-18-4-5-20-19(11-18)15(8-9-26-20)3-7-24-33-12-17(13-34-24)27-25(30)16-2-6-22-21(10-16)28-23(29)14-32-22/h2,4-6,8-11,17,24H,3,7,12-14H2,1H3,(H,27,30)(H,28,29). The van der Waals surface area contributed by atoms with Gasteiger partial charge >= 0.3 is 0 Å². The molecule has 1 aromatic heterocycles. The van der Waals surface area contributed by atoms with E-state index in [1.54, 1.807) is 31.5 Å². The molecule has 0 spiro atoms. The van der Waals surface area contributed by atoms with Gasteiger partial charge in [-0.05, 0) is 54.4 Å². The van der Waals surface area contributed by atoms with Gasteiger partial charge in [-0.2, -0.15) is 0 Å². The number of pyridine rings is 1. The van der Waals surface area contributed by atoms with E-state index in [2.05, 4.69) is 15.6 Å². The first kappa shape index (κ1) is 22.1. The number of hydrogen-bond donors (Lipinski definition) is 2. The smallest absolute Gasteiger partial charge is 0.262 e. The van der Waals surface area contributed by atoms with Crippen molar-refractivity contribution < 1.29 is 28.5 Å². The summed E-state index contributed by atoms with van der Waals surface area (Å²) in [5.74, 6) is 0.822. The zero-order valence-corrected chi connectivity index (χ0v) is 18.7. The predicted octanol–water partition coefficient (Wildman–Crippen LogP) is 2.68. The summed E-state index contributed by atoms with van der Waals surface area (Å²) in [6.45, 7) is 0.681. The lowest BCUT2D eigenvalue weighted by Crippen LogP contribution is -2.47. The quantitative estimate of drug-likeness (QED) is 0.579. The van der Waals surface area contributed by atoms with Crippen molar-refractivity contribution >= 4 is 28.4 Å². The van der Waals surface area contributed by atoms with Crippen molar-refractivity contribution in [3.05, 3.63) is 59.8 Å². The van der Waals surface area contributed by atoms with Crippen LogP contribution in [0, 0.1) is 0 Å². The highest BCUT2D eigenvalue weighted by atomic mass is 16.7. The first-order chi connectivity index (χ1) is 16.6. The van der Waals surface area contributed by atoms with Crippen LogP contribution in [0.1, 0.15) is 22.3 Å². The van der Waals surface area contributed by atoms with Gasteiger partial charge in [-0.3, -0.25) is 14.6 Å². The summed E-state index contributed by atoms with van der Waals surface area (Å²) in [4.78, 5) is 28.6. The van der Waals surface area contributed by atoms with Crippen molar-refractivity contribution in [2.45, 2.75) is 25.2 Å². The van der Waals surface area contributed by atoms with E-state index in [1.165, 1.54) is 0 Å². The lowest BCUT2D eigenvalue weighted by atomic mass is 10.0. The van der Waals surface area contributed by atoms with Gasteiger partial charge < -0.3 is 29.6 Å². The molecule has 176 valence electrons. The Hall–Kier alpha value is -3.69. The number of amides is 2. The van der Waals surface area contributed by atoms with Crippen LogP contribution < -0.4 is 20.1 Å². The molecular weight excluding hydrogens is 438 g/mol. The van der Waals surface area contributed by atoms with Gasteiger partial charge in [-0.25, -0.2) is 0 Å². The van der Waals surface area contributed by atoms with Gasteiger partial charge in [-0.1, -0.05) is 0 Å². The number of methoxy groups -OCH3 is 1.